The minimum Gasteiger partial charge on any atom is -0.491 e. The van der Waals surface area contributed by atoms with Crippen LogP contribution in [-0.4, -0.2) is 41.6 Å². The fourth-order valence-electron chi connectivity index (χ4n) is 2.58. The number of nitrogens with one attached hydrogen (secondary N) is 1. The van der Waals surface area contributed by atoms with Crippen molar-refractivity contribution in [2.45, 2.75) is 30.6 Å². The molecule has 26 heavy (non-hydrogen) atoms. The van der Waals surface area contributed by atoms with Gasteiger partial charge in [0.05, 0.1) is 5.25 Å². The third-order valence-corrected chi connectivity index (χ3v) is 4.83. The Bertz CT molecular complexity index is 687. The van der Waals surface area contributed by atoms with E-state index < -0.39 is 11.4 Å². The largest absolute Gasteiger partial charge is 0.491 e. The Morgan fingerprint density at radius 2 is 2.15 bits per heavy atom. The first-order chi connectivity index (χ1) is 12.5. The van der Waals surface area contributed by atoms with Gasteiger partial charge in [-0.05, 0) is 30.5 Å². The second-order valence-corrected chi connectivity index (χ2v) is 6.85. The van der Waals surface area contributed by atoms with Crippen molar-refractivity contribution >= 4 is 23.3 Å². The number of ether oxygens (including phenoxy) is 1. The van der Waals surface area contributed by atoms with Gasteiger partial charge in [0.1, 0.15) is 24.3 Å². The molecule has 0 bridgehead atoms. The molecular weight excluding hydrogens is 357 g/mol. The zero-order valence-electron chi connectivity index (χ0n) is 14.5. The first-order valence-electron chi connectivity index (χ1n) is 8.30. The van der Waals surface area contributed by atoms with Gasteiger partial charge in [-0.2, -0.15) is 0 Å². The van der Waals surface area contributed by atoms with Gasteiger partial charge < -0.3 is 15.2 Å². The molecule has 0 aliphatic heterocycles. The summed E-state index contributed by atoms with van der Waals surface area (Å²) in [6, 6.07) is 7.03. The van der Waals surface area contributed by atoms with Crippen molar-refractivity contribution in [2.75, 3.05) is 13.7 Å². The number of carbonyl (C=O) groups excluding carboxylic acids is 2. The molecule has 7 heteroatoms. The van der Waals surface area contributed by atoms with E-state index in [2.05, 4.69) is 5.32 Å². The van der Waals surface area contributed by atoms with Gasteiger partial charge in [-0.15, -0.1) is 0 Å². The molecule has 1 aliphatic rings. The fraction of sp³-hybridized carbons (Fsp3) is 0.368. The van der Waals surface area contributed by atoms with E-state index in [0.29, 0.717) is 30.6 Å². The van der Waals surface area contributed by atoms with E-state index in [4.69, 9.17) is 4.74 Å². The van der Waals surface area contributed by atoms with Gasteiger partial charge in [0, 0.05) is 19.0 Å². The number of carbonyl (C=O) groups is 2. The molecule has 0 heterocycles. The Balaban J connectivity index is 1.91. The molecule has 0 spiro atoms. The van der Waals surface area contributed by atoms with Gasteiger partial charge in [0.2, 0.25) is 5.91 Å². The smallest absolute Gasteiger partial charge is 0.233 e. The Morgan fingerprint density at radius 1 is 1.42 bits per heavy atom. The van der Waals surface area contributed by atoms with Crippen LogP contribution in [0.1, 0.15) is 18.4 Å². The highest BCUT2D eigenvalue weighted by Gasteiger charge is 2.19. The molecule has 0 saturated heterocycles. The summed E-state index contributed by atoms with van der Waals surface area (Å²) >= 11 is 0.934. The van der Waals surface area contributed by atoms with Crippen LogP contribution in [0.5, 0.6) is 5.75 Å². The molecule has 2 unspecified atom stereocenters. The van der Waals surface area contributed by atoms with E-state index in [-0.39, 0.29) is 23.9 Å². The number of rotatable bonds is 9. The monoisotopic (exact) mass is 379 g/mol. The van der Waals surface area contributed by atoms with Crippen LogP contribution < -0.4 is 10.1 Å². The number of halogens is 1. The number of hydrogen-bond acceptors (Lipinski definition) is 5. The van der Waals surface area contributed by atoms with Gasteiger partial charge in [-0.1, -0.05) is 36.0 Å². The molecule has 1 aromatic rings. The van der Waals surface area contributed by atoms with Crippen molar-refractivity contribution in [3.05, 3.63) is 53.4 Å². The number of aliphatic hydroxyl groups is 1. The number of allylic oxidation sites excluding steroid dienone is 2. The van der Waals surface area contributed by atoms with Gasteiger partial charge in [0.15, 0.2) is 5.62 Å². The molecule has 0 radical (unpaired) electrons. The maximum absolute atomic E-state index is 13.7. The minimum absolute atomic E-state index is 0.0473. The summed E-state index contributed by atoms with van der Waals surface area (Å²) < 4.78 is 19.2. The lowest BCUT2D eigenvalue weighted by molar-refractivity contribution is -0.120. The Hall–Kier alpha value is -2.12. The van der Waals surface area contributed by atoms with E-state index in [1.165, 1.54) is 7.05 Å². The molecule has 0 saturated carbocycles. The van der Waals surface area contributed by atoms with Crippen LogP contribution in [0, 0.1) is 0 Å². The predicted octanol–water partition coefficient (Wildman–Crippen LogP) is 2.58. The summed E-state index contributed by atoms with van der Waals surface area (Å²) in [5.41, 5.74) is 1.81. The predicted molar refractivity (Wildman–Crippen MR) is 100 cm³/mol. The van der Waals surface area contributed by atoms with E-state index >= 15 is 0 Å². The summed E-state index contributed by atoms with van der Waals surface area (Å²) in [5.74, 6) is 0.0291. The number of thioether (sulfide) groups is 1. The molecule has 1 amide bonds. The lowest BCUT2D eigenvalue weighted by atomic mass is 10.0. The summed E-state index contributed by atoms with van der Waals surface area (Å²) in [6.45, 7) is -0.0473. The van der Waals surface area contributed by atoms with Gasteiger partial charge in [-0.25, -0.2) is 4.39 Å². The average molecular weight is 379 g/mol. The third-order valence-electron chi connectivity index (χ3n) is 4.01. The van der Waals surface area contributed by atoms with Crippen LogP contribution in [0.2, 0.25) is 0 Å². The van der Waals surface area contributed by atoms with Crippen LogP contribution in [-0.2, 0) is 16.0 Å². The molecule has 2 rings (SSSR count). The number of aliphatic hydroxyl groups excluding tert-OH is 1. The van der Waals surface area contributed by atoms with Gasteiger partial charge in [-0.3, -0.25) is 9.59 Å². The molecule has 5 nitrogen and oxygen atoms in total. The van der Waals surface area contributed by atoms with Crippen molar-refractivity contribution in [3.8, 4) is 5.75 Å². The first kappa shape index (κ1) is 20.2. The van der Waals surface area contributed by atoms with Crippen LogP contribution >= 0.6 is 11.8 Å². The van der Waals surface area contributed by atoms with Gasteiger partial charge in [0.25, 0.3) is 0 Å². The molecular formula is C19H22FNO4S. The topological polar surface area (TPSA) is 75.6 Å². The van der Waals surface area contributed by atoms with Crippen LogP contribution in [0.3, 0.4) is 0 Å². The zero-order valence-corrected chi connectivity index (χ0v) is 15.3. The van der Waals surface area contributed by atoms with Crippen LogP contribution in [0.25, 0.3) is 0 Å². The van der Waals surface area contributed by atoms with Crippen LogP contribution in [0.15, 0.2) is 47.8 Å². The van der Waals surface area contributed by atoms with Crippen molar-refractivity contribution in [3.63, 3.8) is 0 Å². The minimum atomic E-state index is -1.02. The molecule has 0 aromatic heterocycles. The molecule has 0 fully saturated rings. The quantitative estimate of drug-likeness (QED) is 0.645. The zero-order chi connectivity index (χ0) is 18.9. The Labute approximate surface area is 156 Å². The summed E-state index contributed by atoms with van der Waals surface area (Å²) in [5, 5.41) is 12.1. The number of hydrogen-bond donors (Lipinski definition) is 2. The van der Waals surface area contributed by atoms with E-state index in [0.717, 1.165) is 17.3 Å². The molecule has 1 aromatic carbocycles. The summed E-state index contributed by atoms with van der Waals surface area (Å²) in [6.07, 6.45) is 3.77. The Morgan fingerprint density at radius 3 is 2.77 bits per heavy atom. The maximum atomic E-state index is 13.7. The molecule has 2 N–H and O–H groups in total. The van der Waals surface area contributed by atoms with E-state index in [1.54, 1.807) is 30.3 Å². The molecule has 140 valence electrons. The first-order valence-corrected chi connectivity index (χ1v) is 9.25. The highest BCUT2D eigenvalue weighted by molar-refractivity contribution is 8.13. The second-order valence-electron chi connectivity index (χ2n) is 5.81. The van der Waals surface area contributed by atoms with Crippen molar-refractivity contribution < 1.29 is 23.8 Å². The summed E-state index contributed by atoms with van der Waals surface area (Å²) in [4.78, 5) is 22.4. The summed E-state index contributed by atoms with van der Waals surface area (Å²) in [7, 11) is 1.53. The second kappa shape index (κ2) is 10.1. The lowest BCUT2D eigenvalue weighted by Crippen LogP contribution is -2.31. The van der Waals surface area contributed by atoms with Crippen molar-refractivity contribution in [2.24, 2.45) is 0 Å². The standard InChI is InChI=1S/C19H22FNO4S/c1-21-19(24)18(26-12-22)10-13-6-8-14(9-7-13)25-11-17(23)15-4-2-3-5-16(15)20/h2,4,6-9,12,17-18,23H,3,5,10-11H2,1H3,(H,21,24). The third kappa shape index (κ3) is 5.71. The fourth-order valence-corrected chi connectivity index (χ4v) is 3.24. The van der Waals surface area contributed by atoms with Crippen molar-refractivity contribution in [1.29, 1.82) is 0 Å². The van der Waals surface area contributed by atoms with Crippen molar-refractivity contribution in [1.82, 2.24) is 5.32 Å². The number of benzene rings is 1. The number of amides is 1. The van der Waals surface area contributed by atoms with E-state index in [1.807, 2.05) is 6.08 Å². The Kier molecular flexibility index (Phi) is 7.87. The maximum Gasteiger partial charge on any atom is 0.233 e. The van der Waals surface area contributed by atoms with E-state index in [9.17, 15) is 19.1 Å². The highest BCUT2D eigenvalue weighted by atomic mass is 32.2. The average Bonchev–Trinajstić information content (AvgIpc) is 2.66. The van der Waals surface area contributed by atoms with Crippen LogP contribution in [0.4, 0.5) is 4.39 Å². The highest BCUT2D eigenvalue weighted by Crippen LogP contribution is 2.23. The molecule has 2 atom stereocenters. The normalized spacial score (nSPS) is 16.1. The lowest BCUT2D eigenvalue weighted by Gasteiger charge is -2.17. The van der Waals surface area contributed by atoms with Gasteiger partial charge >= 0.3 is 0 Å². The SMILES string of the molecule is CNC(=O)C(Cc1ccc(OCC(O)C2=C(F)CCC=C2)cc1)SC=O. The molecule has 1 aliphatic carbocycles.